The van der Waals surface area contributed by atoms with Crippen LogP contribution < -0.4 is 5.32 Å². The Kier molecular flexibility index (Phi) is 3.76. The predicted octanol–water partition coefficient (Wildman–Crippen LogP) is 3.04. The van der Waals surface area contributed by atoms with Gasteiger partial charge in [0.2, 0.25) is 0 Å². The summed E-state index contributed by atoms with van der Waals surface area (Å²) in [6.45, 7) is 9.48. The average Bonchev–Trinajstić information content (AvgIpc) is 2.56. The molecule has 2 rings (SSSR count). The third kappa shape index (κ3) is 2.43. The molecule has 0 aliphatic heterocycles. The van der Waals surface area contributed by atoms with Crippen LogP contribution in [0.5, 0.6) is 0 Å². The Bertz CT molecular complexity index is 586. The number of nitrogens with one attached hydrogen (secondary N) is 1. The van der Waals surface area contributed by atoms with Gasteiger partial charge in [-0.25, -0.2) is 0 Å². The van der Waals surface area contributed by atoms with Crippen molar-refractivity contribution in [3.8, 4) is 11.3 Å². The van der Waals surface area contributed by atoms with Gasteiger partial charge in [-0.2, -0.15) is 5.10 Å². The predicted molar refractivity (Wildman–Crippen MR) is 80.4 cm³/mol. The molecule has 0 aliphatic carbocycles. The first-order valence-corrected chi connectivity index (χ1v) is 6.71. The summed E-state index contributed by atoms with van der Waals surface area (Å²) in [5.41, 5.74) is 8.82. The van der Waals surface area contributed by atoms with Crippen molar-refractivity contribution in [2.75, 3.05) is 7.05 Å². The van der Waals surface area contributed by atoms with E-state index in [4.69, 9.17) is 5.10 Å². The van der Waals surface area contributed by atoms with E-state index in [1.165, 1.54) is 33.5 Å². The van der Waals surface area contributed by atoms with Gasteiger partial charge in [-0.15, -0.1) is 0 Å². The van der Waals surface area contributed by atoms with Crippen molar-refractivity contribution in [2.24, 2.45) is 7.05 Å². The van der Waals surface area contributed by atoms with E-state index in [9.17, 15) is 0 Å². The zero-order chi connectivity index (χ0) is 14.2. The lowest BCUT2D eigenvalue weighted by molar-refractivity contribution is 0.671. The lowest BCUT2D eigenvalue weighted by Gasteiger charge is -2.10. The molecule has 0 unspecified atom stereocenters. The minimum atomic E-state index is 0.847. The van der Waals surface area contributed by atoms with Gasteiger partial charge in [0.05, 0.1) is 11.4 Å². The molecule has 0 aliphatic rings. The van der Waals surface area contributed by atoms with Gasteiger partial charge in [0.15, 0.2) is 0 Å². The van der Waals surface area contributed by atoms with Crippen LogP contribution in [-0.4, -0.2) is 16.8 Å². The Morgan fingerprint density at radius 3 is 2.21 bits per heavy atom. The van der Waals surface area contributed by atoms with E-state index in [1.54, 1.807) is 0 Å². The molecular formula is C16H23N3. The van der Waals surface area contributed by atoms with Crippen LogP contribution in [0.1, 0.15) is 27.9 Å². The summed E-state index contributed by atoms with van der Waals surface area (Å²) in [5.74, 6) is 0. The Morgan fingerprint density at radius 2 is 1.68 bits per heavy atom. The summed E-state index contributed by atoms with van der Waals surface area (Å²) in [4.78, 5) is 0. The molecule has 19 heavy (non-hydrogen) atoms. The summed E-state index contributed by atoms with van der Waals surface area (Å²) in [6, 6.07) is 4.46. The van der Waals surface area contributed by atoms with Gasteiger partial charge >= 0.3 is 0 Å². The van der Waals surface area contributed by atoms with Crippen LogP contribution in [0.25, 0.3) is 11.3 Å². The van der Waals surface area contributed by atoms with Crippen LogP contribution in [0.2, 0.25) is 0 Å². The normalized spacial score (nSPS) is 11.1. The number of aryl methyl sites for hydroxylation is 4. The molecule has 1 heterocycles. The number of benzene rings is 1. The van der Waals surface area contributed by atoms with Crippen molar-refractivity contribution in [1.82, 2.24) is 15.1 Å². The van der Waals surface area contributed by atoms with Gasteiger partial charge in [-0.3, -0.25) is 4.68 Å². The molecular weight excluding hydrogens is 234 g/mol. The van der Waals surface area contributed by atoms with Crippen LogP contribution in [0.4, 0.5) is 0 Å². The Morgan fingerprint density at radius 1 is 1.11 bits per heavy atom. The number of aromatic nitrogens is 2. The van der Waals surface area contributed by atoms with E-state index in [2.05, 4.69) is 45.1 Å². The van der Waals surface area contributed by atoms with Gasteiger partial charge in [-0.1, -0.05) is 17.7 Å². The third-order valence-electron chi connectivity index (χ3n) is 3.69. The van der Waals surface area contributed by atoms with E-state index in [0.29, 0.717) is 0 Å². The molecule has 3 nitrogen and oxygen atoms in total. The highest BCUT2D eigenvalue weighted by atomic mass is 15.3. The van der Waals surface area contributed by atoms with Crippen molar-refractivity contribution in [3.05, 3.63) is 40.1 Å². The first-order chi connectivity index (χ1) is 8.95. The molecule has 1 aromatic carbocycles. The molecule has 0 fully saturated rings. The molecule has 2 aromatic rings. The molecule has 0 saturated heterocycles. The van der Waals surface area contributed by atoms with Crippen LogP contribution in [-0.2, 0) is 13.6 Å². The number of rotatable bonds is 3. The molecule has 3 heteroatoms. The maximum atomic E-state index is 4.73. The maximum Gasteiger partial charge on any atom is 0.0960 e. The molecule has 0 atom stereocenters. The van der Waals surface area contributed by atoms with E-state index in [0.717, 1.165) is 12.2 Å². The Balaban J connectivity index is 2.63. The first kappa shape index (κ1) is 13.8. The summed E-state index contributed by atoms with van der Waals surface area (Å²) in [5, 5.41) is 7.93. The van der Waals surface area contributed by atoms with Gasteiger partial charge in [0.1, 0.15) is 0 Å². The van der Waals surface area contributed by atoms with Crippen molar-refractivity contribution >= 4 is 0 Å². The minimum absolute atomic E-state index is 0.847. The smallest absolute Gasteiger partial charge is 0.0960 e. The minimum Gasteiger partial charge on any atom is -0.314 e. The largest absolute Gasteiger partial charge is 0.314 e. The zero-order valence-corrected chi connectivity index (χ0v) is 12.8. The standard InChI is InChI=1S/C16H23N3/c1-10-7-11(2)15(12(3)8-10)16-13(4)14(9-17-5)19(6)18-16/h7-8,17H,9H2,1-6H3. The van der Waals surface area contributed by atoms with Gasteiger partial charge in [-0.05, 0) is 51.4 Å². The highest BCUT2D eigenvalue weighted by molar-refractivity contribution is 5.71. The van der Waals surface area contributed by atoms with Crippen molar-refractivity contribution in [1.29, 1.82) is 0 Å². The molecule has 0 bridgehead atoms. The van der Waals surface area contributed by atoms with Crippen LogP contribution >= 0.6 is 0 Å². The van der Waals surface area contributed by atoms with Crippen molar-refractivity contribution in [3.63, 3.8) is 0 Å². The molecule has 1 aromatic heterocycles. The van der Waals surface area contributed by atoms with Gasteiger partial charge in [0.25, 0.3) is 0 Å². The topological polar surface area (TPSA) is 29.9 Å². The van der Waals surface area contributed by atoms with Crippen LogP contribution in [0.3, 0.4) is 0 Å². The summed E-state index contributed by atoms with van der Waals surface area (Å²) < 4.78 is 1.99. The molecule has 0 saturated carbocycles. The third-order valence-corrected chi connectivity index (χ3v) is 3.69. The second kappa shape index (κ2) is 5.17. The molecule has 0 amide bonds. The monoisotopic (exact) mass is 257 g/mol. The number of hydrogen-bond acceptors (Lipinski definition) is 2. The molecule has 0 radical (unpaired) electrons. The van der Waals surface area contributed by atoms with E-state index in [-0.39, 0.29) is 0 Å². The van der Waals surface area contributed by atoms with Gasteiger partial charge in [0, 0.05) is 19.2 Å². The lowest BCUT2D eigenvalue weighted by Crippen LogP contribution is -2.10. The van der Waals surface area contributed by atoms with Crippen LogP contribution in [0, 0.1) is 27.7 Å². The number of nitrogens with zero attached hydrogens (tertiary/aromatic N) is 2. The van der Waals surface area contributed by atoms with E-state index >= 15 is 0 Å². The fourth-order valence-corrected chi connectivity index (χ4v) is 2.87. The second-order valence-corrected chi connectivity index (χ2v) is 5.35. The van der Waals surface area contributed by atoms with Crippen molar-refractivity contribution in [2.45, 2.75) is 34.2 Å². The zero-order valence-electron chi connectivity index (χ0n) is 12.8. The first-order valence-electron chi connectivity index (χ1n) is 6.71. The highest BCUT2D eigenvalue weighted by Gasteiger charge is 2.16. The SMILES string of the molecule is CNCc1c(C)c(-c2c(C)cc(C)cc2C)nn1C. The van der Waals surface area contributed by atoms with E-state index < -0.39 is 0 Å². The Hall–Kier alpha value is -1.61. The number of hydrogen-bond donors (Lipinski definition) is 1. The maximum absolute atomic E-state index is 4.73. The summed E-state index contributed by atoms with van der Waals surface area (Å²) in [6.07, 6.45) is 0. The quantitative estimate of drug-likeness (QED) is 0.916. The van der Waals surface area contributed by atoms with Crippen molar-refractivity contribution < 1.29 is 0 Å². The lowest BCUT2D eigenvalue weighted by atomic mass is 9.95. The Labute approximate surface area is 115 Å². The molecule has 0 spiro atoms. The molecule has 1 N–H and O–H groups in total. The fraction of sp³-hybridized carbons (Fsp3) is 0.438. The van der Waals surface area contributed by atoms with Crippen LogP contribution in [0.15, 0.2) is 12.1 Å². The fourth-order valence-electron chi connectivity index (χ4n) is 2.87. The van der Waals surface area contributed by atoms with E-state index in [1.807, 2.05) is 18.8 Å². The van der Waals surface area contributed by atoms with Gasteiger partial charge < -0.3 is 5.32 Å². The summed E-state index contributed by atoms with van der Waals surface area (Å²) >= 11 is 0. The molecule has 102 valence electrons. The summed E-state index contributed by atoms with van der Waals surface area (Å²) in [7, 11) is 3.98. The highest BCUT2D eigenvalue weighted by Crippen LogP contribution is 2.31. The average molecular weight is 257 g/mol. The second-order valence-electron chi connectivity index (χ2n) is 5.35.